The number of anilines is 3. The molecule has 15 heteroatoms. The Kier molecular flexibility index (Phi) is 8.10. The second kappa shape index (κ2) is 11.4. The molecule has 208 valence electrons. The number of benzene rings is 1. The number of imidazole rings is 1. The van der Waals surface area contributed by atoms with Gasteiger partial charge in [-0.1, -0.05) is 12.2 Å². The summed E-state index contributed by atoms with van der Waals surface area (Å²) in [4.78, 5) is 41.4. The standard InChI is InChI=1S/C24H29IN7O6P/c1-14(32(36-2)18-9-4-16(25)5-10-18)23(33)38-39(34,35)37-12-15-3-8-19(11-15)31-13-27-20-21(28-17-6-7-17)29-24(26)30-22(20)31/h3-5,8-10,13-15,17,19H,6-7,11-12H2,1-2H3,(H,34,35)(H3,26,28,29,30)/t14-,15+,19-/m0/s1. The SMILES string of the molecule is CON(c1ccc(I)cc1)[C@@H](C)C(=O)OP(=O)(O)OC[C@@H]1C=C[C@H](n2cnc3c(NC4CC4)nc(N)nc32)C1. The van der Waals surface area contributed by atoms with Crippen molar-refractivity contribution in [1.82, 2.24) is 19.5 Å². The number of hydrogen-bond donors (Lipinski definition) is 3. The molecule has 2 aliphatic carbocycles. The van der Waals surface area contributed by atoms with Gasteiger partial charge in [0, 0.05) is 15.5 Å². The molecule has 4 N–H and O–H groups in total. The van der Waals surface area contributed by atoms with Gasteiger partial charge in [-0.05, 0) is 73.0 Å². The van der Waals surface area contributed by atoms with E-state index in [0.29, 0.717) is 35.1 Å². The molecule has 5 rings (SSSR count). The molecule has 4 atom stereocenters. The van der Waals surface area contributed by atoms with Gasteiger partial charge in [0.2, 0.25) is 5.95 Å². The van der Waals surface area contributed by atoms with Crippen LogP contribution in [0.3, 0.4) is 0 Å². The average molecular weight is 669 g/mol. The molecule has 2 aliphatic rings. The van der Waals surface area contributed by atoms with Crippen LogP contribution >= 0.6 is 30.4 Å². The minimum Gasteiger partial charge on any atom is -0.369 e. The van der Waals surface area contributed by atoms with Crippen molar-refractivity contribution in [3.05, 3.63) is 46.3 Å². The predicted molar refractivity (Wildman–Crippen MR) is 153 cm³/mol. The molecule has 1 saturated carbocycles. The lowest BCUT2D eigenvalue weighted by atomic mass is 10.1. The number of carbonyl (C=O) groups excluding carboxylic acids is 1. The van der Waals surface area contributed by atoms with Gasteiger partial charge in [0.1, 0.15) is 0 Å². The molecule has 0 spiro atoms. The Balaban J connectivity index is 1.17. The van der Waals surface area contributed by atoms with Crippen molar-refractivity contribution >= 4 is 65.0 Å². The Morgan fingerprint density at radius 3 is 2.74 bits per heavy atom. The highest BCUT2D eigenvalue weighted by atomic mass is 127. The Morgan fingerprint density at radius 1 is 1.31 bits per heavy atom. The second-order valence-electron chi connectivity index (χ2n) is 9.46. The fourth-order valence-electron chi connectivity index (χ4n) is 4.36. The molecule has 2 heterocycles. The summed E-state index contributed by atoms with van der Waals surface area (Å²) < 4.78 is 25.5. The smallest absolute Gasteiger partial charge is 0.369 e. The number of nitrogens with zero attached hydrogens (tertiary/aromatic N) is 5. The Labute approximate surface area is 238 Å². The highest BCUT2D eigenvalue weighted by Crippen LogP contribution is 2.45. The van der Waals surface area contributed by atoms with Crippen LogP contribution in [-0.2, 0) is 23.2 Å². The normalized spacial score (nSPS) is 21.0. The van der Waals surface area contributed by atoms with Gasteiger partial charge in [0.25, 0.3) is 0 Å². The zero-order chi connectivity index (χ0) is 27.7. The van der Waals surface area contributed by atoms with Gasteiger partial charge in [0.15, 0.2) is 23.0 Å². The molecule has 13 nitrogen and oxygen atoms in total. The highest BCUT2D eigenvalue weighted by Gasteiger charge is 2.34. The number of phosphoric acid groups is 1. The number of carbonyl (C=O) groups is 1. The number of aromatic nitrogens is 4. The molecule has 1 fully saturated rings. The largest absolute Gasteiger partial charge is 0.529 e. The van der Waals surface area contributed by atoms with Crippen molar-refractivity contribution in [1.29, 1.82) is 0 Å². The van der Waals surface area contributed by atoms with E-state index < -0.39 is 19.8 Å². The van der Waals surface area contributed by atoms with Crippen molar-refractivity contribution in [2.24, 2.45) is 5.92 Å². The molecule has 0 bridgehead atoms. The maximum absolute atomic E-state index is 12.6. The van der Waals surface area contributed by atoms with Gasteiger partial charge in [0.05, 0.1) is 31.8 Å². The van der Waals surface area contributed by atoms with Crippen LogP contribution in [0.2, 0.25) is 0 Å². The van der Waals surface area contributed by atoms with E-state index in [9.17, 15) is 14.3 Å². The maximum atomic E-state index is 12.6. The Hall–Kier alpha value is -2.78. The number of allylic oxidation sites excluding steroid dienone is 1. The third-order valence-corrected chi connectivity index (χ3v) is 8.10. The lowest BCUT2D eigenvalue weighted by Gasteiger charge is -2.27. The first-order valence-corrected chi connectivity index (χ1v) is 15.0. The zero-order valence-corrected chi connectivity index (χ0v) is 24.4. The van der Waals surface area contributed by atoms with Crippen LogP contribution in [0.4, 0.5) is 17.5 Å². The summed E-state index contributed by atoms with van der Waals surface area (Å²) in [6.45, 7) is 1.39. The van der Waals surface area contributed by atoms with Gasteiger partial charge in [-0.3, -0.25) is 14.3 Å². The summed E-state index contributed by atoms with van der Waals surface area (Å²) in [6, 6.07) is 6.49. The Morgan fingerprint density at radius 2 is 2.05 bits per heavy atom. The molecule has 39 heavy (non-hydrogen) atoms. The first kappa shape index (κ1) is 27.8. The third kappa shape index (κ3) is 6.52. The third-order valence-electron chi connectivity index (χ3n) is 6.49. The van der Waals surface area contributed by atoms with E-state index in [1.54, 1.807) is 18.5 Å². The number of halogens is 1. The van der Waals surface area contributed by atoms with Crippen LogP contribution in [0.5, 0.6) is 0 Å². The van der Waals surface area contributed by atoms with Crippen molar-refractivity contribution in [2.45, 2.75) is 44.3 Å². The van der Waals surface area contributed by atoms with Crippen LogP contribution < -0.4 is 16.1 Å². The fourth-order valence-corrected chi connectivity index (χ4v) is 5.53. The first-order chi connectivity index (χ1) is 18.6. The zero-order valence-electron chi connectivity index (χ0n) is 21.3. The van der Waals surface area contributed by atoms with Crippen molar-refractivity contribution < 1.29 is 28.1 Å². The molecular weight excluding hydrogens is 640 g/mol. The first-order valence-electron chi connectivity index (χ1n) is 12.4. The van der Waals surface area contributed by atoms with Crippen LogP contribution in [0.25, 0.3) is 11.2 Å². The minimum atomic E-state index is -4.68. The minimum absolute atomic E-state index is 0.114. The van der Waals surface area contributed by atoms with Crippen molar-refractivity contribution in [3.8, 4) is 0 Å². The summed E-state index contributed by atoms with van der Waals surface area (Å²) >= 11 is 2.16. The fraction of sp³-hybridized carbons (Fsp3) is 0.417. The summed E-state index contributed by atoms with van der Waals surface area (Å²) in [5.74, 6) is -0.388. The lowest BCUT2D eigenvalue weighted by molar-refractivity contribution is -0.139. The Bertz CT molecular complexity index is 1430. The topological polar surface area (TPSA) is 167 Å². The molecular formula is C24H29IN7O6P. The van der Waals surface area contributed by atoms with Crippen molar-refractivity contribution in [3.63, 3.8) is 0 Å². The van der Waals surface area contributed by atoms with Crippen LogP contribution in [0, 0.1) is 9.49 Å². The van der Waals surface area contributed by atoms with E-state index in [4.69, 9.17) is 19.6 Å². The van der Waals surface area contributed by atoms with Gasteiger partial charge >= 0.3 is 13.8 Å². The van der Waals surface area contributed by atoms with Crippen LogP contribution in [0.15, 0.2) is 42.7 Å². The maximum Gasteiger partial charge on any atom is 0.529 e. The van der Waals surface area contributed by atoms with Gasteiger partial charge in [-0.25, -0.2) is 19.4 Å². The molecule has 0 saturated heterocycles. The van der Waals surface area contributed by atoms with E-state index in [2.05, 4.69) is 42.9 Å². The van der Waals surface area contributed by atoms with E-state index in [-0.39, 0.29) is 24.5 Å². The van der Waals surface area contributed by atoms with Crippen LogP contribution in [0.1, 0.15) is 32.2 Å². The summed E-state index contributed by atoms with van der Waals surface area (Å²) in [5.41, 5.74) is 7.78. The average Bonchev–Trinajstić information content (AvgIpc) is 3.41. The molecule has 2 aromatic heterocycles. The molecule has 0 amide bonds. The highest BCUT2D eigenvalue weighted by molar-refractivity contribution is 14.1. The number of fused-ring (bicyclic) bond motifs is 1. The van der Waals surface area contributed by atoms with E-state index in [1.807, 2.05) is 28.9 Å². The summed E-state index contributed by atoms with van der Waals surface area (Å²) in [6.07, 6.45) is 8.26. The summed E-state index contributed by atoms with van der Waals surface area (Å²) in [7, 11) is -3.28. The molecule has 0 radical (unpaired) electrons. The number of nitrogens with two attached hydrogens (primary N) is 1. The predicted octanol–water partition coefficient (Wildman–Crippen LogP) is 3.82. The van der Waals surface area contributed by atoms with Gasteiger partial charge < -0.3 is 20.1 Å². The van der Waals surface area contributed by atoms with Gasteiger partial charge in [-0.2, -0.15) is 9.97 Å². The molecule has 0 aliphatic heterocycles. The number of phosphoric ester groups is 1. The number of hydrogen-bond acceptors (Lipinski definition) is 11. The number of nitrogen functional groups attached to an aromatic ring is 1. The molecule has 3 aromatic rings. The van der Waals surface area contributed by atoms with E-state index in [0.717, 1.165) is 16.4 Å². The number of hydroxylamine groups is 1. The van der Waals surface area contributed by atoms with E-state index in [1.165, 1.54) is 19.1 Å². The van der Waals surface area contributed by atoms with Gasteiger partial charge in [-0.15, -0.1) is 0 Å². The lowest BCUT2D eigenvalue weighted by Crippen LogP contribution is -2.39. The number of rotatable bonds is 11. The van der Waals surface area contributed by atoms with Crippen molar-refractivity contribution in [2.75, 3.05) is 29.8 Å². The number of nitrogens with one attached hydrogen (secondary N) is 1. The van der Waals surface area contributed by atoms with E-state index >= 15 is 0 Å². The molecule has 1 unspecified atom stereocenters. The second-order valence-corrected chi connectivity index (χ2v) is 12.1. The monoisotopic (exact) mass is 669 g/mol. The summed E-state index contributed by atoms with van der Waals surface area (Å²) in [5, 5.41) is 4.63. The van der Waals surface area contributed by atoms with Crippen LogP contribution in [-0.4, -0.2) is 56.2 Å². The molecule has 1 aromatic carbocycles. The quantitative estimate of drug-likeness (QED) is 0.117.